The molecule has 1 fully saturated rings. The summed E-state index contributed by atoms with van der Waals surface area (Å²) < 4.78 is 13.0. The van der Waals surface area contributed by atoms with Gasteiger partial charge in [0.05, 0.1) is 0 Å². The van der Waals surface area contributed by atoms with Gasteiger partial charge in [-0.1, -0.05) is 0 Å². The van der Waals surface area contributed by atoms with Crippen LogP contribution >= 0.6 is 16.3 Å². The van der Waals surface area contributed by atoms with Crippen LogP contribution in [-0.4, -0.2) is 82.0 Å². The highest BCUT2D eigenvalue weighted by Crippen LogP contribution is 2.48. The van der Waals surface area contributed by atoms with Crippen molar-refractivity contribution in [2.75, 3.05) is 13.2 Å². The minimum Gasteiger partial charge on any atom is -0.387 e. The second-order valence-corrected chi connectivity index (χ2v) is 6.60. The Labute approximate surface area is 113 Å². The average molecular weight is 342 g/mol. The predicted octanol–water partition coefficient (Wildman–Crippen LogP) is -3.86. The minimum absolute atomic E-state index is 0.796. The lowest BCUT2D eigenvalue weighted by molar-refractivity contribution is -0.246. The highest BCUT2D eigenvalue weighted by atomic mass is 31.2. The zero-order valence-electron chi connectivity index (χ0n) is 9.79. The molecule has 0 unspecified atom stereocenters. The molecule has 0 aliphatic carbocycles. The summed E-state index contributed by atoms with van der Waals surface area (Å²) in [4.78, 5) is 51.5. The van der Waals surface area contributed by atoms with Gasteiger partial charge in [0.15, 0.2) is 6.61 Å². The average Bonchev–Trinajstić information content (AvgIpc) is 2.48. The SMILES string of the molecule is O[C@@H]1[C@@H](CO[P+](O)(O)O)O[C@](O)(CO[P+](O)(O)O)[C@H]1O. The van der Waals surface area contributed by atoms with Crippen LogP contribution < -0.4 is 0 Å². The summed E-state index contributed by atoms with van der Waals surface area (Å²) in [5.74, 6) is -2.60. The molecule has 20 heavy (non-hydrogen) atoms. The van der Waals surface area contributed by atoms with Crippen LogP contribution in [0.2, 0.25) is 0 Å². The summed E-state index contributed by atoms with van der Waals surface area (Å²) in [6.45, 7) is -1.90. The first-order valence-electron chi connectivity index (χ1n) is 5.04. The van der Waals surface area contributed by atoms with Crippen molar-refractivity contribution in [1.82, 2.24) is 0 Å². The van der Waals surface area contributed by atoms with E-state index < -0.39 is 53.7 Å². The molecular formula is C6H16O12P2+2. The van der Waals surface area contributed by atoms with Crippen LogP contribution in [0.15, 0.2) is 0 Å². The Hall–Kier alpha value is 0.380. The Morgan fingerprint density at radius 1 is 0.950 bits per heavy atom. The van der Waals surface area contributed by atoms with Crippen LogP contribution in [0.1, 0.15) is 0 Å². The molecule has 12 nitrogen and oxygen atoms in total. The molecule has 0 saturated carbocycles. The van der Waals surface area contributed by atoms with Gasteiger partial charge in [-0.2, -0.15) is 33.9 Å². The largest absolute Gasteiger partial charge is 0.567 e. The number of ether oxygens (including phenoxy) is 1. The van der Waals surface area contributed by atoms with E-state index in [2.05, 4.69) is 9.05 Å². The van der Waals surface area contributed by atoms with E-state index in [0.29, 0.717) is 0 Å². The third kappa shape index (κ3) is 5.30. The van der Waals surface area contributed by atoms with E-state index in [1.807, 2.05) is 0 Å². The molecule has 0 radical (unpaired) electrons. The maximum absolute atomic E-state index is 9.79. The Morgan fingerprint density at radius 3 is 1.90 bits per heavy atom. The maximum atomic E-state index is 9.79. The van der Waals surface area contributed by atoms with Gasteiger partial charge in [0.2, 0.25) is 5.79 Å². The van der Waals surface area contributed by atoms with E-state index in [1.54, 1.807) is 0 Å². The van der Waals surface area contributed by atoms with Crippen molar-refractivity contribution in [1.29, 1.82) is 0 Å². The number of aliphatic hydroxyl groups is 3. The fraction of sp³-hybridized carbons (Fsp3) is 1.00. The first-order valence-corrected chi connectivity index (χ1v) is 8.17. The van der Waals surface area contributed by atoms with Crippen molar-refractivity contribution in [2.45, 2.75) is 24.1 Å². The molecule has 0 amide bonds. The minimum atomic E-state index is -4.70. The second-order valence-electron chi connectivity index (χ2n) is 4.03. The molecule has 9 N–H and O–H groups in total. The molecule has 1 rings (SSSR count). The predicted molar refractivity (Wildman–Crippen MR) is 60.9 cm³/mol. The summed E-state index contributed by atoms with van der Waals surface area (Å²) in [5.41, 5.74) is 0. The van der Waals surface area contributed by atoms with Crippen LogP contribution in [-0.2, 0) is 13.8 Å². The molecule has 1 heterocycles. The normalized spacial score (nSPS) is 35.5. The monoisotopic (exact) mass is 342 g/mol. The smallest absolute Gasteiger partial charge is 0.387 e. The van der Waals surface area contributed by atoms with E-state index in [1.165, 1.54) is 0 Å². The Bertz CT molecular complexity index is 327. The van der Waals surface area contributed by atoms with Gasteiger partial charge in [-0.15, -0.1) is 4.52 Å². The fourth-order valence-corrected chi connectivity index (χ4v) is 2.18. The summed E-state index contributed by atoms with van der Waals surface area (Å²) in [6.07, 6.45) is -5.22. The number of hydrogen-bond acceptors (Lipinski definition) is 12. The first-order chi connectivity index (χ1) is 8.84. The van der Waals surface area contributed by atoms with Crippen molar-refractivity contribution < 1.29 is 58.5 Å². The summed E-state index contributed by atoms with van der Waals surface area (Å²) in [5, 5.41) is 28.9. The van der Waals surface area contributed by atoms with Gasteiger partial charge in [-0.05, 0) is 0 Å². The molecule has 1 aliphatic heterocycles. The third-order valence-corrected chi connectivity index (χ3v) is 3.35. The summed E-state index contributed by atoms with van der Waals surface area (Å²) >= 11 is 0. The molecule has 0 aromatic carbocycles. The van der Waals surface area contributed by atoms with E-state index in [0.717, 1.165) is 0 Å². The molecule has 0 spiro atoms. The first kappa shape index (κ1) is 18.4. The quantitative estimate of drug-likeness (QED) is 0.212. The van der Waals surface area contributed by atoms with E-state index in [9.17, 15) is 15.3 Å². The van der Waals surface area contributed by atoms with Crippen molar-refractivity contribution in [3.8, 4) is 0 Å². The zero-order valence-corrected chi connectivity index (χ0v) is 11.6. The van der Waals surface area contributed by atoms with Crippen LogP contribution in [0, 0.1) is 0 Å². The Balaban J connectivity index is 2.63. The molecule has 0 aromatic heterocycles. The Kier molecular flexibility index (Phi) is 5.75. The lowest BCUT2D eigenvalue weighted by Crippen LogP contribution is -2.46. The summed E-state index contributed by atoms with van der Waals surface area (Å²) in [6, 6.07) is 0. The van der Waals surface area contributed by atoms with E-state index >= 15 is 0 Å². The van der Waals surface area contributed by atoms with E-state index in [-0.39, 0.29) is 0 Å². The van der Waals surface area contributed by atoms with Crippen molar-refractivity contribution in [3.05, 3.63) is 0 Å². The molecular weight excluding hydrogens is 326 g/mol. The van der Waals surface area contributed by atoms with Gasteiger partial charge >= 0.3 is 16.3 Å². The molecule has 120 valence electrons. The molecule has 0 bridgehead atoms. The summed E-state index contributed by atoms with van der Waals surface area (Å²) in [7, 11) is -9.30. The van der Waals surface area contributed by atoms with Gasteiger partial charge < -0.3 is 20.1 Å². The van der Waals surface area contributed by atoms with Crippen LogP contribution in [0.4, 0.5) is 0 Å². The Morgan fingerprint density at radius 2 is 1.45 bits per heavy atom. The van der Waals surface area contributed by atoms with Crippen molar-refractivity contribution in [2.24, 2.45) is 0 Å². The van der Waals surface area contributed by atoms with Gasteiger partial charge in [-0.3, -0.25) is 0 Å². The lowest BCUT2D eigenvalue weighted by atomic mass is 10.1. The zero-order chi connectivity index (χ0) is 15.8. The molecule has 14 heteroatoms. The molecule has 0 aromatic rings. The van der Waals surface area contributed by atoms with Gasteiger partial charge in [0.25, 0.3) is 0 Å². The standard InChI is InChI=1S/C6H16O12P2/c7-4-3(1-16-19(10,11)12)18-6(9,5(4)8)2-17-20(13,14)15/h3-5,7-15H,1-2H2/q+2/t3-,4-,5+,6-/m1/s1. The molecule has 1 aliphatic rings. The lowest BCUT2D eigenvalue weighted by Gasteiger charge is -2.24. The van der Waals surface area contributed by atoms with Crippen LogP contribution in [0.25, 0.3) is 0 Å². The van der Waals surface area contributed by atoms with Gasteiger partial charge in [0.1, 0.15) is 24.9 Å². The van der Waals surface area contributed by atoms with Crippen molar-refractivity contribution in [3.63, 3.8) is 0 Å². The third-order valence-electron chi connectivity index (χ3n) is 2.38. The van der Waals surface area contributed by atoms with Crippen LogP contribution in [0.3, 0.4) is 0 Å². The highest BCUT2D eigenvalue weighted by molar-refractivity contribution is 7.53. The van der Waals surface area contributed by atoms with Gasteiger partial charge in [-0.25, -0.2) is 0 Å². The second kappa shape index (κ2) is 6.24. The van der Waals surface area contributed by atoms with Crippen molar-refractivity contribution >= 4 is 16.3 Å². The fourth-order valence-electron chi connectivity index (χ4n) is 1.48. The highest BCUT2D eigenvalue weighted by Gasteiger charge is 2.57. The molecule has 1 saturated heterocycles. The van der Waals surface area contributed by atoms with Crippen LogP contribution in [0.5, 0.6) is 0 Å². The van der Waals surface area contributed by atoms with E-state index in [4.69, 9.17) is 34.1 Å². The maximum Gasteiger partial charge on any atom is 0.567 e. The number of hydrogen-bond donors (Lipinski definition) is 9. The number of aliphatic hydroxyl groups excluding tert-OH is 2. The number of rotatable bonds is 6. The molecule has 4 atom stereocenters. The van der Waals surface area contributed by atoms with Gasteiger partial charge in [0, 0.05) is 0 Å². The topological polar surface area (TPSA) is 210 Å².